The van der Waals surface area contributed by atoms with E-state index in [-0.39, 0.29) is 12.4 Å². The van der Waals surface area contributed by atoms with E-state index >= 15 is 0 Å². The topological polar surface area (TPSA) is 55.5 Å². The van der Waals surface area contributed by atoms with E-state index in [4.69, 9.17) is 14.3 Å². The second-order valence-electron chi connectivity index (χ2n) is 3.68. The number of halogens is 1. The molecule has 0 aliphatic carbocycles. The molecule has 0 aliphatic rings. The molecule has 0 radical (unpaired) electrons. The van der Waals surface area contributed by atoms with E-state index in [1.54, 1.807) is 18.3 Å². The third-order valence-corrected chi connectivity index (χ3v) is 3.11. The number of thioether (sulfide) groups is 1. The average molecular weight is 283 g/mol. The van der Waals surface area contributed by atoms with E-state index in [1.807, 2.05) is 0 Å². The highest BCUT2D eigenvalue weighted by atomic mass is 32.2. The minimum Gasteiger partial charge on any atom is -0.431 e. The van der Waals surface area contributed by atoms with E-state index in [0.717, 1.165) is 5.56 Å². The van der Waals surface area contributed by atoms with Crippen LogP contribution in [0.15, 0.2) is 40.1 Å². The van der Waals surface area contributed by atoms with Gasteiger partial charge < -0.3 is 14.3 Å². The van der Waals surface area contributed by atoms with Crippen LogP contribution in [0.4, 0.5) is 4.39 Å². The number of nitrogens with zero attached hydrogens (tertiary/aromatic N) is 1. The van der Waals surface area contributed by atoms with Crippen LogP contribution in [0.5, 0.6) is 0 Å². The summed E-state index contributed by atoms with van der Waals surface area (Å²) in [5.41, 5.74) is 0.789. The molecule has 0 saturated heterocycles. The summed E-state index contributed by atoms with van der Waals surface area (Å²) in [5, 5.41) is 9.09. The van der Waals surface area contributed by atoms with Crippen LogP contribution >= 0.6 is 11.8 Å². The lowest BCUT2D eigenvalue weighted by Crippen LogP contribution is -2.02. The molecule has 0 atom stereocenters. The summed E-state index contributed by atoms with van der Waals surface area (Å²) < 4.78 is 23.5. The van der Waals surface area contributed by atoms with Crippen molar-refractivity contribution in [3.63, 3.8) is 0 Å². The molecule has 1 aromatic heterocycles. The van der Waals surface area contributed by atoms with E-state index in [1.165, 1.54) is 23.9 Å². The number of hydrogen-bond donors (Lipinski definition) is 1. The largest absolute Gasteiger partial charge is 0.431 e. The molecule has 0 saturated carbocycles. The Morgan fingerprint density at radius 2 is 2.05 bits per heavy atom. The molecule has 0 fully saturated rings. The molecule has 0 unspecified atom stereocenters. The number of aliphatic hydroxyl groups excluding tert-OH is 1. The molecule has 0 spiro atoms. The third kappa shape index (κ3) is 4.34. The number of aromatic nitrogens is 1. The SMILES string of the molecule is OCCOCCSc1ncc(-c2ccc(F)cc2)o1. The minimum atomic E-state index is -0.279. The Labute approximate surface area is 114 Å². The van der Waals surface area contributed by atoms with Crippen molar-refractivity contribution in [3.8, 4) is 11.3 Å². The Morgan fingerprint density at radius 3 is 2.79 bits per heavy atom. The number of hydrogen-bond acceptors (Lipinski definition) is 5. The van der Waals surface area contributed by atoms with Crippen molar-refractivity contribution in [1.82, 2.24) is 4.98 Å². The van der Waals surface area contributed by atoms with Gasteiger partial charge in [-0.15, -0.1) is 0 Å². The van der Waals surface area contributed by atoms with E-state index < -0.39 is 0 Å². The molecule has 1 aromatic carbocycles. The number of rotatable bonds is 7. The second-order valence-corrected chi connectivity index (χ2v) is 4.73. The zero-order valence-corrected chi connectivity index (χ0v) is 11.0. The first-order valence-electron chi connectivity index (χ1n) is 5.83. The van der Waals surface area contributed by atoms with Gasteiger partial charge in [-0.3, -0.25) is 0 Å². The van der Waals surface area contributed by atoms with Gasteiger partial charge in [-0.2, -0.15) is 0 Å². The van der Waals surface area contributed by atoms with Crippen LogP contribution in [0, 0.1) is 5.82 Å². The predicted molar refractivity (Wildman–Crippen MR) is 70.5 cm³/mol. The first-order chi connectivity index (χ1) is 9.29. The maximum absolute atomic E-state index is 12.8. The zero-order valence-electron chi connectivity index (χ0n) is 10.2. The molecule has 0 bridgehead atoms. The summed E-state index contributed by atoms with van der Waals surface area (Å²) in [6.45, 7) is 0.894. The summed E-state index contributed by atoms with van der Waals surface area (Å²) in [6.07, 6.45) is 1.62. The highest BCUT2D eigenvalue weighted by Crippen LogP contribution is 2.25. The van der Waals surface area contributed by atoms with Gasteiger partial charge in [-0.1, -0.05) is 11.8 Å². The molecular formula is C13H14FNO3S. The second kappa shape index (κ2) is 7.28. The molecule has 1 N–H and O–H groups in total. The van der Waals surface area contributed by atoms with E-state index in [0.29, 0.717) is 29.9 Å². The summed E-state index contributed by atoms with van der Waals surface area (Å²) in [5.74, 6) is 1.03. The molecule has 2 rings (SSSR count). The van der Waals surface area contributed by atoms with Crippen LogP contribution in [0.1, 0.15) is 0 Å². The normalized spacial score (nSPS) is 10.8. The molecule has 2 aromatic rings. The Kier molecular flexibility index (Phi) is 5.38. The van der Waals surface area contributed by atoms with Gasteiger partial charge in [0.05, 0.1) is 26.0 Å². The van der Waals surface area contributed by atoms with Gasteiger partial charge in [0.25, 0.3) is 5.22 Å². The van der Waals surface area contributed by atoms with Gasteiger partial charge in [0.2, 0.25) is 0 Å². The number of ether oxygens (including phenoxy) is 1. The van der Waals surface area contributed by atoms with Gasteiger partial charge in [-0.05, 0) is 24.3 Å². The zero-order chi connectivity index (χ0) is 13.5. The fraction of sp³-hybridized carbons (Fsp3) is 0.308. The van der Waals surface area contributed by atoms with Crippen LogP contribution < -0.4 is 0 Å². The predicted octanol–water partition coefficient (Wildman–Crippen LogP) is 2.58. The molecule has 0 amide bonds. The van der Waals surface area contributed by atoms with Crippen LogP contribution in [0.2, 0.25) is 0 Å². The Morgan fingerprint density at radius 1 is 1.26 bits per heavy atom. The summed E-state index contributed by atoms with van der Waals surface area (Å²) in [4.78, 5) is 4.13. The molecule has 6 heteroatoms. The molecular weight excluding hydrogens is 269 g/mol. The van der Waals surface area contributed by atoms with Gasteiger partial charge >= 0.3 is 0 Å². The first kappa shape index (κ1) is 14.0. The van der Waals surface area contributed by atoms with Crippen LogP contribution in [0.3, 0.4) is 0 Å². The van der Waals surface area contributed by atoms with E-state index in [9.17, 15) is 4.39 Å². The molecule has 1 heterocycles. The first-order valence-corrected chi connectivity index (χ1v) is 6.81. The smallest absolute Gasteiger partial charge is 0.256 e. The van der Waals surface area contributed by atoms with E-state index in [2.05, 4.69) is 4.98 Å². The Hall–Kier alpha value is -1.37. The lowest BCUT2D eigenvalue weighted by Gasteiger charge is -1.99. The maximum atomic E-state index is 12.8. The van der Waals surface area contributed by atoms with Crippen LogP contribution in [-0.2, 0) is 4.74 Å². The monoisotopic (exact) mass is 283 g/mol. The quantitative estimate of drug-likeness (QED) is 0.625. The standard InChI is InChI=1S/C13H14FNO3S/c14-11-3-1-10(2-4-11)12-9-15-13(18-12)19-8-7-17-6-5-16/h1-4,9,16H,5-8H2. The Balaban J connectivity index is 1.86. The summed E-state index contributed by atoms with van der Waals surface area (Å²) in [6, 6.07) is 6.06. The molecule has 102 valence electrons. The Bertz CT molecular complexity index is 501. The average Bonchev–Trinajstić information content (AvgIpc) is 2.88. The number of aliphatic hydroxyl groups is 1. The lowest BCUT2D eigenvalue weighted by molar-refractivity contribution is 0.103. The molecule has 4 nitrogen and oxygen atoms in total. The van der Waals surface area contributed by atoms with Crippen LogP contribution in [0.25, 0.3) is 11.3 Å². The molecule has 19 heavy (non-hydrogen) atoms. The van der Waals surface area contributed by atoms with Crippen molar-refractivity contribution in [1.29, 1.82) is 0 Å². The van der Waals surface area contributed by atoms with Gasteiger partial charge in [0.15, 0.2) is 5.76 Å². The fourth-order valence-electron chi connectivity index (χ4n) is 1.43. The van der Waals surface area contributed by atoms with Crippen molar-refractivity contribution in [2.45, 2.75) is 5.22 Å². The third-order valence-electron chi connectivity index (χ3n) is 2.30. The van der Waals surface area contributed by atoms with Crippen molar-refractivity contribution >= 4 is 11.8 Å². The van der Waals surface area contributed by atoms with Crippen LogP contribution in [-0.4, -0.2) is 35.7 Å². The van der Waals surface area contributed by atoms with Crippen molar-refractivity contribution in [2.24, 2.45) is 0 Å². The fourth-order valence-corrected chi connectivity index (χ4v) is 2.08. The highest BCUT2D eigenvalue weighted by Gasteiger charge is 2.06. The number of oxazole rings is 1. The lowest BCUT2D eigenvalue weighted by atomic mass is 10.2. The minimum absolute atomic E-state index is 0.0262. The highest BCUT2D eigenvalue weighted by molar-refractivity contribution is 7.99. The van der Waals surface area contributed by atoms with Crippen molar-refractivity contribution in [2.75, 3.05) is 25.6 Å². The maximum Gasteiger partial charge on any atom is 0.256 e. The van der Waals surface area contributed by atoms with Gasteiger partial charge in [0.1, 0.15) is 5.82 Å². The van der Waals surface area contributed by atoms with Crippen molar-refractivity contribution in [3.05, 3.63) is 36.3 Å². The van der Waals surface area contributed by atoms with Crippen molar-refractivity contribution < 1.29 is 18.7 Å². The van der Waals surface area contributed by atoms with Gasteiger partial charge in [-0.25, -0.2) is 9.37 Å². The number of benzene rings is 1. The molecule has 0 aliphatic heterocycles. The summed E-state index contributed by atoms with van der Waals surface area (Å²) in [7, 11) is 0. The summed E-state index contributed by atoms with van der Waals surface area (Å²) >= 11 is 1.43. The van der Waals surface area contributed by atoms with Gasteiger partial charge in [0, 0.05) is 11.3 Å².